The van der Waals surface area contributed by atoms with Crippen LogP contribution in [0.2, 0.25) is 0 Å². The third kappa shape index (κ3) is 5.52. The summed E-state index contributed by atoms with van der Waals surface area (Å²) in [5.41, 5.74) is 1.36. The maximum atomic E-state index is 11.1. The number of carbonyl (C=O) groups is 2. The summed E-state index contributed by atoms with van der Waals surface area (Å²) in [4.78, 5) is 23.9. The Labute approximate surface area is 113 Å². The van der Waals surface area contributed by atoms with E-state index >= 15 is 0 Å². The van der Waals surface area contributed by atoms with Crippen molar-refractivity contribution in [1.82, 2.24) is 10.2 Å². The molecule has 1 aromatic carbocycles. The van der Waals surface area contributed by atoms with Crippen molar-refractivity contribution in [1.29, 1.82) is 0 Å². The summed E-state index contributed by atoms with van der Waals surface area (Å²) in [5.74, 6) is -0.857. The smallest absolute Gasteiger partial charge is 0.335 e. The maximum absolute atomic E-state index is 11.1. The molecule has 0 atom stereocenters. The summed E-state index contributed by atoms with van der Waals surface area (Å²) in [6.07, 6.45) is 1.34. The van der Waals surface area contributed by atoms with Gasteiger partial charge in [0, 0.05) is 20.0 Å². The van der Waals surface area contributed by atoms with E-state index < -0.39 is 5.97 Å². The number of aromatic carboxylic acids is 1. The van der Waals surface area contributed by atoms with Crippen molar-refractivity contribution in [2.24, 2.45) is 0 Å². The number of nitrogens with one attached hydrogen (secondary N) is 1. The lowest BCUT2D eigenvalue weighted by Gasteiger charge is -2.16. The molecule has 0 spiro atoms. The van der Waals surface area contributed by atoms with E-state index in [-0.39, 0.29) is 5.91 Å². The Morgan fingerprint density at radius 3 is 2.42 bits per heavy atom. The number of benzene rings is 1. The second-order valence-corrected chi connectivity index (χ2v) is 4.52. The SMILES string of the molecule is CNC(=O)CCCN(C)Cc1ccc(C(=O)O)cc1. The average Bonchev–Trinajstić information content (AvgIpc) is 2.39. The molecular formula is C14H20N2O3. The van der Waals surface area contributed by atoms with Crippen LogP contribution in [-0.2, 0) is 11.3 Å². The average molecular weight is 264 g/mol. The van der Waals surface area contributed by atoms with Gasteiger partial charge < -0.3 is 15.3 Å². The molecule has 0 bridgehead atoms. The quantitative estimate of drug-likeness (QED) is 0.780. The fourth-order valence-corrected chi connectivity index (χ4v) is 1.78. The van der Waals surface area contributed by atoms with Crippen molar-refractivity contribution in [3.05, 3.63) is 35.4 Å². The molecule has 1 rings (SSSR count). The molecule has 0 radical (unpaired) electrons. The van der Waals surface area contributed by atoms with E-state index in [2.05, 4.69) is 10.2 Å². The summed E-state index contributed by atoms with van der Waals surface area (Å²) in [7, 11) is 3.62. The summed E-state index contributed by atoms with van der Waals surface area (Å²) in [6, 6.07) is 6.85. The highest BCUT2D eigenvalue weighted by Crippen LogP contribution is 2.07. The van der Waals surface area contributed by atoms with Crippen molar-refractivity contribution in [2.45, 2.75) is 19.4 Å². The van der Waals surface area contributed by atoms with E-state index in [1.165, 1.54) is 0 Å². The van der Waals surface area contributed by atoms with Crippen LogP contribution >= 0.6 is 0 Å². The molecule has 5 nitrogen and oxygen atoms in total. The van der Waals surface area contributed by atoms with Gasteiger partial charge in [-0.05, 0) is 37.7 Å². The van der Waals surface area contributed by atoms with Crippen molar-refractivity contribution in [3.8, 4) is 0 Å². The van der Waals surface area contributed by atoms with E-state index in [4.69, 9.17) is 5.11 Å². The van der Waals surface area contributed by atoms with Crippen LogP contribution < -0.4 is 5.32 Å². The largest absolute Gasteiger partial charge is 0.478 e. The van der Waals surface area contributed by atoms with Gasteiger partial charge >= 0.3 is 5.97 Å². The van der Waals surface area contributed by atoms with Gasteiger partial charge in [-0.3, -0.25) is 4.79 Å². The van der Waals surface area contributed by atoms with Crippen LogP contribution in [0.15, 0.2) is 24.3 Å². The zero-order chi connectivity index (χ0) is 14.3. The van der Waals surface area contributed by atoms with Crippen LogP contribution in [0.1, 0.15) is 28.8 Å². The summed E-state index contributed by atoms with van der Waals surface area (Å²) < 4.78 is 0. The van der Waals surface area contributed by atoms with Gasteiger partial charge in [-0.2, -0.15) is 0 Å². The van der Waals surface area contributed by atoms with Crippen LogP contribution in [0, 0.1) is 0 Å². The van der Waals surface area contributed by atoms with Gasteiger partial charge in [-0.15, -0.1) is 0 Å². The van der Waals surface area contributed by atoms with Crippen LogP contribution in [0.4, 0.5) is 0 Å². The van der Waals surface area contributed by atoms with Gasteiger partial charge in [0.15, 0.2) is 0 Å². The molecule has 0 aliphatic carbocycles. The minimum absolute atomic E-state index is 0.0548. The number of hydrogen-bond acceptors (Lipinski definition) is 3. The van der Waals surface area contributed by atoms with Gasteiger partial charge in [0.2, 0.25) is 5.91 Å². The second kappa shape index (κ2) is 7.53. The van der Waals surface area contributed by atoms with E-state index in [0.717, 1.165) is 25.1 Å². The summed E-state index contributed by atoms with van der Waals surface area (Å²) >= 11 is 0. The summed E-state index contributed by atoms with van der Waals surface area (Å²) in [6.45, 7) is 1.57. The monoisotopic (exact) mass is 264 g/mol. The van der Waals surface area contributed by atoms with Crippen molar-refractivity contribution < 1.29 is 14.7 Å². The van der Waals surface area contributed by atoms with Gasteiger partial charge in [0.05, 0.1) is 5.56 Å². The minimum Gasteiger partial charge on any atom is -0.478 e. The molecule has 0 fully saturated rings. The molecule has 0 unspecified atom stereocenters. The fraction of sp³-hybridized carbons (Fsp3) is 0.429. The minimum atomic E-state index is -0.912. The van der Waals surface area contributed by atoms with Gasteiger partial charge in [0.25, 0.3) is 0 Å². The Hall–Kier alpha value is -1.88. The number of carboxylic acid groups (broad SMARTS) is 1. The molecule has 1 amide bonds. The van der Waals surface area contributed by atoms with Crippen molar-refractivity contribution in [3.63, 3.8) is 0 Å². The Balaban J connectivity index is 2.37. The third-order valence-electron chi connectivity index (χ3n) is 2.88. The highest BCUT2D eigenvalue weighted by atomic mass is 16.4. The molecule has 0 aromatic heterocycles. The first-order chi connectivity index (χ1) is 9.02. The number of carbonyl (C=O) groups excluding carboxylic acids is 1. The van der Waals surface area contributed by atoms with Crippen molar-refractivity contribution in [2.75, 3.05) is 20.6 Å². The van der Waals surface area contributed by atoms with E-state index in [0.29, 0.717) is 12.0 Å². The van der Waals surface area contributed by atoms with Crippen LogP contribution in [-0.4, -0.2) is 42.5 Å². The molecule has 5 heteroatoms. The maximum Gasteiger partial charge on any atom is 0.335 e. The third-order valence-corrected chi connectivity index (χ3v) is 2.88. The Morgan fingerprint density at radius 1 is 1.26 bits per heavy atom. The predicted octanol–water partition coefficient (Wildman–Crippen LogP) is 1.34. The van der Waals surface area contributed by atoms with Crippen LogP contribution in [0.5, 0.6) is 0 Å². The molecule has 0 saturated heterocycles. The van der Waals surface area contributed by atoms with Gasteiger partial charge in [-0.25, -0.2) is 4.79 Å². The number of amides is 1. The number of rotatable bonds is 7. The Kier molecular flexibility index (Phi) is 6.02. The molecule has 0 aliphatic heterocycles. The van der Waals surface area contributed by atoms with Crippen LogP contribution in [0.3, 0.4) is 0 Å². The lowest BCUT2D eigenvalue weighted by Crippen LogP contribution is -2.22. The van der Waals surface area contributed by atoms with E-state index in [1.807, 2.05) is 19.2 Å². The first-order valence-corrected chi connectivity index (χ1v) is 6.24. The first-order valence-electron chi connectivity index (χ1n) is 6.24. The molecular weight excluding hydrogens is 244 g/mol. The molecule has 104 valence electrons. The lowest BCUT2D eigenvalue weighted by molar-refractivity contribution is -0.120. The van der Waals surface area contributed by atoms with Gasteiger partial charge in [-0.1, -0.05) is 12.1 Å². The molecule has 0 aliphatic rings. The zero-order valence-electron chi connectivity index (χ0n) is 11.3. The predicted molar refractivity (Wildman–Crippen MR) is 73.0 cm³/mol. The lowest BCUT2D eigenvalue weighted by atomic mass is 10.1. The van der Waals surface area contributed by atoms with Gasteiger partial charge in [0.1, 0.15) is 0 Å². The number of carboxylic acids is 1. The topological polar surface area (TPSA) is 69.6 Å². The van der Waals surface area contributed by atoms with E-state index in [1.54, 1.807) is 19.2 Å². The Bertz CT molecular complexity index is 429. The molecule has 0 saturated carbocycles. The fourth-order valence-electron chi connectivity index (χ4n) is 1.78. The number of nitrogens with zero attached hydrogens (tertiary/aromatic N) is 1. The number of hydrogen-bond donors (Lipinski definition) is 2. The zero-order valence-corrected chi connectivity index (χ0v) is 11.3. The molecule has 0 heterocycles. The van der Waals surface area contributed by atoms with Crippen LogP contribution in [0.25, 0.3) is 0 Å². The highest BCUT2D eigenvalue weighted by Gasteiger charge is 2.05. The van der Waals surface area contributed by atoms with Crippen molar-refractivity contribution >= 4 is 11.9 Å². The molecule has 2 N–H and O–H groups in total. The van der Waals surface area contributed by atoms with E-state index in [9.17, 15) is 9.59 Å². The first kappa shape index (κ1) is 15.2. The highest BCUT2D eigenvalue weighted by molar-refractivity contribution is 5.87. The molecule has 19 heavy (non-hydrogen) atoms. The molecule has 1 aromatic rings. The standard InChI is InChI=1S/C14H20N2O3/c1-15-13(17)4-3-9-16(2)10-11-5-7-12(8-6-11)14(18)19/h5-8H,3-4,9-10H2,1-2H3,(H,15,17)(H,18,19). The Morgan fingerprint density at radius 2 is 1.89 bits per heavy atom. The normalized spacial score (nSPS) is 10.5. The second-order valence-electron chi connectivity index (χ2n) is 4.52. The summed E-state index contributed by atoms with van der Waals surface area (Å²) in [5, 5.41) is 11.4.